The standard InChI is InChI=1S/C21H16ClNO5S/c1-28-15-7-4-11(8-14(15)24)13-9-16(25)23-18-17(10-2-5-12(22)6-3-10)20(21(26)27)29-19(13)18/h2-8,13,24H,9H2,1H3,(H,23,25)(H,26,27)/t13-/m0/s1. The van der Waals surface area contributed by atoms with Gasteiger partial charge in [-0.1, -0.05) is 29.8 Å². The van der Waals surface area contributed by atoms with Crippen molar-refractivity contribution in [3.8, 4) is 22.6 Å². The molecule has 1 aromatic heterocycles. The zero-order chi connectivity index (χ0) is 20.7. The second-order valence-corrected chi connectivity index (χ2v) is 8.08. The van der Waals surface area contributed by atoms with Crippen molar-refractivity contribution in [1.82, 2.24) is 0 Å². The Morgan fingerprint density at radius 1 is 1.24 bits per heavy atom. The number of hydrogen-bond donors (Lipinski definition) is 3. The number of carbonyl (C=O) groups excluding carboxylic acids is 1. The summed E-state index contributed by atoms with van der Waals surface area (Å²) in [7, 11) is 1.46. The number of carbonyl (C=O) groups is 2. The zero-order valence-corrected chi connectivity index (χ0v) is 16.8. The van der Waals surface area contributed by atoms with E-state index in [-0.39, 0.29) is 28.9 Å². The number of fused-ring (bicyclic) bond motifs is 1. The minimum atomic E-state index is -1.07. The lowest BCUT2D eigenvalue weighted by atomic mass is 9.88. The summed E-state index contributed by atoms with van der Waals surface area (Å²) in [5.74, 6) is -1.37. The summed E-state index contributed by atoms with van der Waals surface area (Å²) in [5, 5.41) is 23.3. The van der Waals surface area contributed by atoms with Crippen LogP contribution in [0.4, 0.5) is 5.69 Å². The fourth-order valence-electron chi connectivity index (χ4n) is 3.52. The Morgan fingerprint density at radius 2 is 1.97 bits per heavy atom. The second-order valence-electron chi connectivity index (χ2n) is 6.59. The summed E-state index contributed by atoms with van der Waals surface area (Å²) in [5.41, 5.74) is 2.32. The van der Waals surface area contributed by atoms with Crippen molar-refractivity contribution in [3.63, 3.8) is 0 Å². The number of hydrogen-bond acceptors (Lipinski definition) is 5. The number of ether oxygens (including phenoxy) is 1. The SMILES string of the molecule is COc1ccc([C@@H]2CC(=O)Nc3c2sc(C(=O)O)c3-c2ccc(Cl)cc2)cc1O. The number of thiophene rings is 1. The van der Waals surface area contributed by atoms with Crippen molar-refractivity contribution in [3.05, 3.63) is 62.8 Å². The number of nitrogens with one attached hydrogen (secondary N) is 1. The third-order valence-corrected chi connectivity index (χ3v) is 6.38. The summed E-state index contributed by atoms with van der Waals surface area (Å²) in [6.07, 6.45) is 0.151. The molecule has 0 saturated carbocycles. The average Bonchev–Trinajstić information content (AvgIpc) is 3.07. The number of carboxylic acid groups (broad SMARTS) is 1. The van der Waals surface area contributed by atoms with Crippen LogP contribution in [0.25, 0.3) is 11.1 Å². The molecule has 8 heteroatoms. The van der Waals surface area contributed by atoms with Gasteiger partial charge in [-0.3, -0.25) is 4.79 Å². The third kappa shape index (κ3) is 3.43. The molecule has 4 rings (SSSR count). The number of halogens is 1. The quantitative estimate of drug-likeness (QED) is 0.545. The normalized spacial score (nSPS) is 15.5. The summed E-state index contributed by atoms with van der Waals surface area (Å²) < 4.78 is 5.08. The van der Waals surface area contributed by atoms with Gasteiger partial charge in [0.15, 0.2) is 11.5 Å². The van der Waals surface area contributed by atoms with Gasteiger partial charge in [-0.2, -0.15) is 0 Å². The highest BCUT2D eigenvalue weighted by atomic mass is 35.5. The number of benzene rings is 2. The predicted molar refractivity (Wildman–Crippen MR) is 111 cm³/mol. The summed E-state index contributed by atoms with van der Waals surface area (Å²) in [6, 6.07) is 11.8. The molecule has 1 amide bonds. The van der Waals surface area contributed by atoms with Gasteiger partial charge in [0.2, 0.25) is 5.91 Å². The van der Waals surface area contributed by atoms with Crippen LogP contribution >= 0.6 is 22.9 Å². The monoisotopic (exact) mass is 429 g/mol. The number of amides is 1. The van der Waals surface area contributed by atoms with E-state index in [0.29, 0.717) is 33.1 Å². The second kappa shape index (κ2) is 7.42. The van der Waals surface area contributed by atoms with Crippen LogP contribution in [0.1, 0.15) is 32.5 Å². The molecule has 1 aliphatic rings. The maximum Gasteiger partial charge on any atom is 0.346 e. The molecule has 3 N–H and O–H groups in total. The number of anilines is 1. The van der Waals surface area contributed by atoms with E-state index in [4.69, 9.17) is 16.3 Å². The van der Waals surface area contributed by atoms with E-state index in [1.54, 1.807) is 42.5 Å². The highest BCUT2D eigenvalue weighted by Gasteiger charge is 2.34. The molecule has 2 heterocycles. The maximum absolute atomic E-state index is 12.5. The lowest BCUT2D eigenvalue weighted by Gasteiger charge is -2.24. The molecule has 29 heavy (non-hydrogen) atoms. The van der Waals surface area contributed by atoms with Crippen LogP contribution in [-0.4, -0.2) is 29.2 Å². The van der Waals surface area contributed by atoms with Gasteiger partial charge in [0.25, 0.3) is 0 Å². The molecule has 0 bridgehead atoms. The fraction of sp³-hybridized carbons (Fsp3) is 0.143. The van der Waals surface area contributed by atoms with Gasteiger partial charge in [-0.25, -0.2) is 4.79 Å². The Balaban J connectivity index is 1.90. The minimum Gasteiger partial charge on any atom is -0.504 e. The van der Waals surface area contributed by atoms with E-state index in [1.165, 1.54) is 7.11 Å². The van der Waals surface area contributed by atoms with Gasteiger partial charge in [0, 0.05) is 27.8 Å². The van der Waals surface area contributed by atoms with Gasteiger partial charge in [0.1, 0.15) is 4.88 Å². The zero-order valence-electron chi connectivity index (χ0n) is 15.2. The molecule has 1 atom stereocenters. The van der Waals surface area contributed by atoms with Crippen LogP contribution in [0.2, 0.25) is 5.02 Å². The van der Waals surface area contributed by atoms with Crippen LogP contribution in [0, 0.1) is 0 Å². The third-order valence-electron chi connectivity index (χ3n) is 4.84. The molecular weight excluding hydrogens is 414 g/mol. The van der Waals surface area contributed by atoms with Crippen LogP contribution in [0.3, 0.4) is 0 Å². The van der Waals surface area contributed by atoms with E-state index < -0.39 is 5.97 Å². The Kier molecular flexibility index (Phi) is 4.94. The van der Waals surface area contributed by atoms with Gasteiger partial charge in [-0.15, -0.1) is 11.3 Å². The van der Waals surface area contributed by atoms with Crippen LogP contribution in [0.5, 0.6) is 11.5 Å². The highest BCUT2D eigenvalue weighted by Crippen LogP contribution is 2.50. The molecule has 3 aromatic rings. The van der Waals surface area contributed by atoms with E-state index in [9.17, 15) is 19.8 Å². The molecule has 0 aliphatic carbocycles. The van der Waals surface area contributed by atoms with Crippen molar-refractivity contribution in [2.75, 3.05) is 12.4 Å². The van der Waals surface area contributed by atoms with E-state index in [1.807, 2.05) is 0 Å². The number of phenolic OH excluding ortho intramolecular Hbond substituents is 1. The van der Waals surface area contributed by atoms with Crippen LogP contribution < -0.4 is 10.1 Å². The average molecular weight is 430 g/mol. The Labute approximate surface area is 175 Å². The number of carboxylic acids is 1. The number of rotatable bonds is 4. The lowest BCUT2D eigenvalue weighted by Crippen LogP contribution is -2.22. The summed E-state index contributed by atoms with van der Waals surface area (Å²) in [6.45, 7) is 0. The lowest BCUT2D eigenvalue weighted by molar-refractivity contribution is -0.116. The highest BCUT2D eigenvalue weighted by molar-refractivity contribution is 7.15. The number of aromatic carboxylic acids is 1. The first-order valence-electron chi connectivity index (χ1n) is 8.71. The summed E-state index contributed by atoms with van der Waals surface area (Å²) in [4.78, 5) is 25.3. The largest absolute Gasteiger partial charge is 0.504 e. The first-order chi connectivity index (χ1) is 13.9. The van der Waals surface area contributed by atoms with E-state index in [0.717, 1.165) is 16.2 Å². The molecular formula is C21H16ClNO5S. The van der Waals surface area contributed by atoms with Crippen molar-refractivity contribution >= 4 is 40.5 Å². The van der Waals surface area contributed by atoms with Gasteiger partial charge >= 0.3 is 5.97 Å². The Bertz CT molecular complexity index is 1120. The molecule has 0 saturated heterocycles. The molecule has 148 valence electrons. The van der Waals surface area contributed by atoms with Crippen molar-refractivity contribution in [2.24, 2.45) is 0 Å². The number of methoxy groups -OCH3 is 1. The maximum atomic E-state index is 12.5. The minimum absolute atomic E-state index is 0.0366. The van der Waals surface area contributed by atoms with Gasteiger partial charge < -0.3 is 20.3 Å². The molecule has 0 unspecified atom stereocenters. The molecule has 0 radical (unpaired) electrons. The number of aromatic hydroxyl groups is 1. The molecule has 2 aromatic carbocycles. The number of phenols is 1. The van der Waals surface area contributed by atoms with Crippen LogP contribution in [0.15, 0.2) is 42.5 Å². The molecule has 6 nitrogen and oxygen atoms in total. The first-order valence-corrected chi connectivity index (χ1v) is 9.91. The predicted octanol–water partition coefficient (Wildman–Crippen LogP) is 4.96. The molecule has 0 spiro atoms. The van der Waals surface area contributed by atoms with Crippen molar-refractivity contribution < 1.29 is 24.5 Å². The van der Waals surface area contributed by atoms with Gasteiger partial charge in [0.05, 0.1) is 12.8 Å². The van der Waals surface area contributed by atoms with Crippen molar-refractivity contribution in [1.29, 1.82) is 0 Å². The van der Waals surface area contributed by atoms with Crippen molar-refractivity contribution in [2.45, 2.75) is 12.3 Å². The summed E-state index contributed by atoms with van der Waals surface area (Å²) >= 11 is 7.10. The smallest absolute Gasteiger partial charge is 0.346 e. The van der Waals surface area contributed by atoms with E-state index >= 15 is 0 Å². The van der Waals surface area contributed by atoms with E-state index in [2.05, 4.69) is 5.32 Å². The molecule has 1 aliphatic heterocycles. The first kappa shape index (κ1) is 19.3. The Hall–Kier alpha value is -3.03. The van der Waals surface area contributed by atoms with Crippen LogP contribution in [-0.2, 0) is 4.79 Å². The fourth-order valence-corrected chi connectivity index (χ4v) is 4.89. The van der Waals surface area contributed by atoms with Gasteiger partial charge in [-0.05, 0) is 35.4 Å². The molecule has 0 fully saturated rings. The topological polar surface area (TPSA) is 95.9 Å². The Morgan fingerprint density at radius 3 is 2.59 bits per heavy atom.